The summed E-state index contributed by atoms with van der Waals surface area (Å²) in [5, 5.41) is 26.7. The van der Waals surface area contributed by atoms with Gasteiger partial charge in [-0.3, -0.25) is 0 Å². The lowest BCUT2D eigenvalue weighted by Gasteiger charge is -2.37. The van der Waals surface area contributed by atoms with Crippen molar-refractivity contribution in [3.63, 3.8) is 0 Å². The van der Waals surface area contributed by atoms with Crippen LogP contribution in [-0.4, -0.2) is 46.1 Å². The summed E-state index contributed by atoms with van der Waals surface area (Å²) in [5.74, 6) is -2.83. The molecule has 3 N–H and O–H groups in total. The van der Waals surface area contributed by atoms with Gasteiger partial charge in [0.2, 0.25) is 0 Å². The number of halogens is 1. The van der Waals surface area contributed by atoms with Gasteiger partial charge in [-0.1, -0.05) is 0 Å². The Bertz CT molecular complexity index is 150. The van der Waals surface area contributed by atoms with Crippen LogP contribution in [0.15, 0.2) is 0 Å². The van der Waals surface area contributed by atoms with Crippen molar-refractivity contribution in [3.8, 4) is 0 Å². The summed E-state index contributed by atoms with van der Waals surface area (Å²) in [6, 6.07) is 0. The van der Waals surface area contributed by atoms with Gasteiger partial charge in [0, 0.05) is 0 Å². The van der Waals surface area contributed by atoms with E-state index < -0.39 is 30.8 Å². The topological polar surface area (TPSA) is 69.9 Å². The fourth-order valence-electron chi connectivity index (χ4n) is 0.951. The molecule has 1 aliphatic rings. The molecule has 1 rings (SSSR count). The van der Waals surface area contributed by atoms with Crippen molar-refractivity contribution in [2.24, 2.45) is 0 Å². The van der Waals surface area contributed by atoms with Gasteiger partial charge in [0.05, 0.1) is 6.10 Å². The Kier molecular flexibility index (Phi) is 2.15. The van der Waals surface area contributed by atoms with Gasteiger partial charge < -0.3 is 20.1 Å². The smallest absolute Gasteiger partial charge is 0.259 e. The lowest BCUT2D eigenvalue weighted by atomic mass is 9.99. The normalized spacial score (nSPS) is 52.6. The number of aliphatic hydroxyl groups is 3. The van der Waals surface area contributed by atoms with E-state index in [1.54, 1.807) is 0 Å². The largest absolute Gasteiger partial charge is 0.387 e. The molecule has 0 spiro atoms. The summed E-state index contributed by atoms with van der Waals surface area (Å²) in [6.07, 6.45) is -3.81. The summed E-state index contributed by atoms with van der Waals surface area (Å²) < 4.78 is 17.3. The molecule has 1 heterocycles. The van der Waals surface area contributed by atoms with Gasteiger partial charge in [-0.2, -0.15) is 0 Å². The molecule has 1 aliphatic heterocycles. The first-order valence-corrected chi connectivity index (χ1v) is 3.34. The quantitative estimate of drug-likeness (QED) is 0.422. The first-order chi connectivity index (χ1) is 4.95. The molecule has 0 aromatic carbocycles. The van der Waals surface area contributed by atoms with Crippen LogP contribution in [0.5, 0.6) is 0 Å². The summed E-state index contributed by atoms with van der Waals surface area (Å²) in [7, 11) is 0. The van der Waals surface area contributed by atoms with Crippen LogP contribution in [0.25, 0.3) is 0 Å². The first-order valence-electron chi connectivity index (χ1n) is 3.34. The van der Waals surface area contributed by atoms with Gasteiger partial charge in [-0.05, 0) is 6.92 Å². The molecule has 0 saturated carbocycles. The fourth-order valence-corrected chi connectivity index (χ4v) is 0.951. The van der Waals surface area contributed by atoms with E-state index in [0.29, 0.717) is 0 Å². The molecular weight excluding hydrogens is 155 g/mol. The summed E-state index contributed by atoms with van der Waals surface area (Å²) >= 11 is 0. The third-order valence-electron chi connectivity index (χ3n) is 1.81. The molecule has 11 heavy (non-hydrogen) atoms. The third-order valence-corrected chi connectivity index (χ3v) is 1.81. The second-order valence-electron chi connectivity index (χ2n) is 2.77. The van der Waals surface area contributed by atoms with Crippen molar-refractivity contribution in [2.45, 2.75) is 31.1 Å². The highest BCUT2D eigenvalue weighted by Crippen LogP contribution is 2.24. The third kappa shape index (κ3) is 1.51. The van der Waals surface area contributed by atoms with Gasteiger partial charge in [-0.25, -0.2) is 4.39 Å². The van der Waals surface area contributed by atoms with E-state index in [1.165, 1.54) is 6.92 Å². The van der Waals surface area contributed by atoms with Crippen LogP contribution in [0.1, 0.15) is 6.92 Å². The van der Waals surface area contributed by atoms with Crippen LogP contribution in [0, 0.1) is 0 Å². The molecule has 1 fully saturated rings. The van der Waals surface area contributed by atoms with Gasteiger partial charge in [0.25, 0.3) is 5.85 Å². The zero-order valence-corrected chi connectivity index (χ0v) is 6.07. The summed E-state index contributed by atoms with van der Waals surface area (Å²) in [4.78, 5) is 0. The number of alkyl halides is 1. The highest BCUT2D eigenvalue weighted by atomic mass is 19.2. The summed E-state index contributed by atoms with van der Waals surface area (Å²) in [6.45, 7) is 0.884. The van der Waals surface area contributed by atoms with Crippen molar-refractivity contribution in [2.75, 3.05) is 6.61 Å². The van der Waals surface area contributed by atoms with E-state index >= 15 is 0 Å². The lowest BCUT2D eigenvalue weighted by Crippen LogP contribution is -2.58. The van der Waals surface area contributed by atoms with Crippen LogP contribution in [0.2, 0.25) is 0 Å². The summed E-state index contributed by atoms with van der Waals surface area (Å²) in [5.41, 5.74) is 0. The van der Waals surface area contributed by atoms with Crippen LogP contribution in [0.4, 0.5) is 4.39 Å². The van der Waals surface area contributed by atoms with Crippen molar-refractivity contribution in [3.05, 3.63) is 0 Å². The van der Waals surface area contributed by atoms with E-state index in [-0.39, 0.29) is 0 Å². The Balaban J connectivity index is 2.67. The molecule has 0 amide bonds. The SMILES string of the molecule is C[C@H]1OC[C@@](O)(F)[C@@H](O)[C@H]1O. The molecule has 0 unspecified atom stereocenters. The fraction of sp³-hybridized carbons (Fsp3) is 1.00. The zero-order valence-electron chi connectivity index (χ0n) is 6.07. The van der Waals surface area contributed by atoms with Crippen LogP contribution in [-0.2, 0) is 4.74 Å². The second-order valence-corrected chi connectivity index (χ2v) is 2.77. The maximum absolute atomic E-state index is 12.7. The molecule has 5 heteroatoms. The molecule has 1 saturated heterocycles. The van der Waals surface area contributed by atoms with Crippen LogP contribution < -0.4 is 0 Å². The molecule has 4 nitrogen and oxygen atoms in total. The average molecular weight is 166 g/mol. The van der Waals surface area contributed by atoms with Crippen LogP contribution in [0.3, 0.4) is 0 Å². The van der Waals surface area contributed by atoms with E-state index in [9.17, 15) is 4.39 Å². The number of hydrogen-bond acceptors (Lipinski definition) is 4. The van der Waals surface area contributed by atoms with Crippen molar-refractivity contribution in [1.29, 1.82) is 0 Å². The molecule has 4 atom stereocenters. The Hall–Kier alpha value is -0.230. The molecular formula is C6H11FO4. The Morgan fingerprint density at radius 1 is 1.55 bits per heavy atom. The first kappa shape index (κ1) is 8.86. The monoisotopic (exact) mass is 166 g/mol. The molecule has 66 valence electrons. The van der Waals surface area contributed by atoms with Crippen molar-refractivity contribution < 1.29 is 24.4 Å². The van der Waals surface area contributed by atoms with Gasteiger partial charge in [0.1, 0.15) is 18.8 Å². The maximum atomic E-state index is 12.7. The number of rotatable bonds is 0. The van der Waals surface area contributed by atoms with Crippen molar-refractivity contribution >= 4 is 0 Å². The number of ether oxygens (including phenoxy) is 1. The van der Waals surface area contributed by atoms with E-state index in [2.05, 4.69) is 4.74 Å². The van der Waals surface area contributed by atoms with Gasteiger partial charge >= 0.3 is 0 Å². The molecule has 0 aromatic rings. The molecule has 0 aromatic heterocycles. The molecule has 0 bridgehead atoms. The zero-order chi connectivity index (χ0) is 8.65. The Labute approximate surface area is 63.2 Å². The molecule has 0 aliphatic carbocycles. The highest BCUT2D eigenvalue weighted by molar-refractivity contribution is 4.89. The highest BCUT2D eigenvalue weighted by Gasteiger charge is 2.47. The lowest BCUT2D eigenvalue weighted by molar-refractivity contribution is -0.281. The van der Waals surface area contributed by atoms with Crippen molar-refractivity contribution in [1.82, 2.24) is 0 Å². The Morgan fingerprint density at radius 3 is 2.55 bits per heavy atom. The molecule has 0 radical (unpaired) electrons. The number of hydrogen-bond donors (Lipinski definition) is 3. The van der Waals surface area contributed by atoms with Crippen LogP contribution >= 0.6 is 0 Å². The van der Waals surface area contributed by atoms with Gasteiger partial charge in [0.15, 0.2) is 0 Å². The van der Waals surface area contributed by atoms with E-state index in [1.807, 2.05) is 0 Å². The van der Waals surface area contributed by atoms with E-state index in [4.69, 9.17) is 15.3 Å². The predicted octanol–water partition coefficient (Wildman–Crippen LogP) is -1.22. The van der Waals surface area contributed by atoms with Gasteiger partial charge in [-0.15, -0.1) is 0 Å². The maximum Gasteiger partial charge on any atom is 0.259 e. The minimum absolute atomic E-state index is 0.605. The minimum Gasteiger partial charge on any atom is -0.387 e. The minimum atomic E-state index is -2.83. The average Bonchev–Trinajstić information content (AvgIpc) is 1.95. The predicted molar refractivity (Wildman–Crippen MR) is 33.5 cm³/mol. The standard InChI is InChI=1S/C6H11FO4/c1-3-4(8)5(9)6(7,10)2-11-3/h3-5,8-10H,2H2,1H3/t3-,4+,5+,6+/m1/s1. The Morgan fingerprint density at radius 2 is 2.09 bits per heavy atom. The van der Waals surface area contributed by atoms with E-state index in [0.717, 1.165) is 0 Å². The number of aliphatic hydroxyl groups excluding tert-OH is 2. The second kappa shape index (κ2) is 2.67.